The number of rotatable bonds is 6. The molecule has 0 aromatic rings. The predicted octanol–water partition coefficient (Wildman–Crippen LogP) is 4.50. The fraction of sp³-hybridized carbons (Fsp3) is 0.905. The Bertz CT molecular complexity index is 492. The average molecular weight is 350 g/mol. The number of hydrogen-bond acceptors (Lipinski definition) is 4. The Morgan fingerprint density at radius 3 is 2.40 bits per heavy atom. The van der Waals surface area contributed by atoms with E-state index in [-0.39, 0.29) is 23.5 Å². The second-order valence-corrected chi connectivity index (χ2v) is 8.98. The Morgan fingerprint density at radius 1 is 1.04 bits per heavy atom. The molecule has 0 amide bonds. The van der Waals surface area contributed by atoms with E-state index in [0.717, 1.165) is 38.0 Å². The third-order valence-corrected chi connectivity index (χ3v) is 7.24. The summed E-state index contributed by atoms with van der Waals surface area (Å²) in [5, 5.41) is 0. The lowest BCUT2D eigenvalue weighted by atomic mass is 9.76. The van der Waals surface area contributed by atoms with Crippen LogP contribution in [0.15, 0.2) is 0 Å². The molecule has 4 nitrogen and oxygen atoms in total. The molecule has 142 valence electrons. The summed E-state index contributed by atoms with van der Waals surface area (Å²) in [6, 6.07) is 0. The molecule has 3 aliphatic carbocycles. The van der Waals surface area contributed by atoms with Crippen LogP contribution in [0.25, 0.3) is 0 Å². The van der Waals surface area contributed by atoms with Crippen molar-refractivity contribution in [1.29, 1.82) is 0 Å². The summed E-state index contributed by atoms with van der Waals surface area (Å²) < 4.78 is 11.2. The first-order valence-corrected chi connectivity index (χ1v) is 10.3. The van der Waals surface area contributed by atoms with E-state index < -0.39 is 0 Å². The van der Waals surface area contributed by atoms with Crippen molar-refractivity contribution in [3.8, 4) is 0 Å². The zero-order valence-electron chi connectivity index (χ0n) is 16.1. The molecule has 0 saturated heterocycles. The van der Waals surface area contributed by atoms with Gasteiger partial charge < -0.3 is 9.47 Å². The van der Waals surface area contributed by atoms with Gasteiger partial charge in [0, 0.05) is 6.42 Å². The van der Waals surface area contributed by atoms with Crippen molar-refractivity contribution in [1.82, 2.24) is 0 Å². The monoisotopic (exact) mass is 350 g/mol. The largest absolute Gasteiger partial charge is 0.465 e. The van der Waals surface area contributed by atoms with Crippen LogP contribution in [-0.4, -0.2) is 24.1 Å². The van der Waals surface area contributed by atoms with Gasteiger partial charge >= 0.3 is 11.9 Å². The molecule has 3 saturated carbocycles. The molecule has 0 aliphatic heterocycles. The molecule has 5 atom stereocenters. The number of esters is 2. The Kier molecular flexibility index (Phi) is 5.75. The zero-order chi connectivity index (χ0) is 18.0. The zero-order valence-corrected chi connectivity index (χ0v) is 16.1. The molecule has 4 heteroatoms. The van der Waals surface area contributed by atoms with E-state index in [1.807, 2.05) is 6.92 Å². The third-order valence-electron chi connectivity index (χ3n) is 7.24. The van der Waals surface area contributed by atoms with Crippen molar-refractivity contribution in [3.63, 3.8) is 0 Å². The maximum absolute atomic E-state index is 12.4. The van der Waals surface area contributed by atoms with Crippen molar-refractivity contribution in [2.75, 3.05) is 6.61 Å². The third kappa shape index (κ3) is 4.20. The molecule has 0 N–H and O–H groups in total. The first-order chi connectivity index (χ1) is 11.9. The lowest BCUT2D eigenvalue weighted by molar-refractivity contribution is -0.162. The van der Waals surface area contributed by atoms with Gasteiger partial charge in [-0.15, -0.1) is 0 Å². The van der Waals surface area contributed by atoms with Gasteiger partial charge in [0.15, 0.2) is 0 Å². The van der Waals surface area contributed by atoms with Crippen LogP contribution in [0.5, 0.6) is 0 Å². The Hall–Kier alpha value is -1.06. The summed E-state index contributed by atoms with van der Waals surface area (Å²) in [7, 11) is 0. The van der Waals surface area contributed by atoms with Crippen molar-refractivity contribution in [2.45, 2.75) is 84.2 Å². The molecule has 0 aromatic heterocycles. The fourth-order valence-electron chi connectivity index (χ4n) is 5.44. The highest BCUT2D eigenvalue weighted by Gasteiger charge is 2.51. The number of fused-ring (bicyclic) bond motifs is 2. The van der Waals surface area contributed by atoms with E-state index in [1.165, 1.54) is 12.8 Å². The van der Waals surface area contributed by atoms with Crippen LogP contribution in [0.3, 0.4) is 0 Å². The summed E-state index contributed by atoms with van der Waals surface area (Å²) in [5.74, 6) is 2.46. The molecule has 0 spiro atoms. The van der Waals surface area contributed by atoms with Crippen molar-refractivity contribution in [2.24, 2.45) is 29.6 Å². The molecule has 3 rings (SSSR count). The van der Waals surface area contributed by atoms with Gasteiger partial charge in [0.1, 0.15) is 5.60 Å². The highest BCUT2D eigenvalue weighted by Crippen LogP contribution is 2.55. The maximum Gasteiger partial charge on any atom is 0.309 e. The minimum atomic E-state index is -0.276. The van der Waals surface area contributed by atoms with Crippen LogP contribution >= 0.6 is 0 Å². The highest BCUT2D eigenvalue weighted by atomic mass is 16.6. The molecule has 0 aromatic carbocycles. The Balaban J connectivity index is 1.33. The lowest BCUT2D eigenvalue weighted by Gasteiger charge is -2.33. The van der Waals surface area contributed by atoms with E-state index in [4.69, 9.17) is 9.47 Å². The second-order valence-electron chi connectivity index (χ2n) is 8.98. The molecular weight excluding hydrogens is 316 g/mol. The van der Waals surface area contributed by atoms with Gasteiger partial charge in [-0.2, -0.15) is 0 Å². The summed E-state index contributed by atoms with van der Waals surface area (Å²) in [5.41, 5.74) is -0.276. The van der Waals surface area contributed by atoms with Crippen LogP contribution in [0.4, 0.5) is 0 Å². The molecule has 3 aliphatic rings. The SMILES string of the molecule is CC1C2CC(C(=O)OCCCC(=O)OC3(C)CCCCC3)C(C2)C1C. The Morgan fingerprint density at radius 2 is 1.76 bits per heavy atom. The topological polar surface area (TPSA) is 52.6 Å². The molecular formula is C21H34O4. The second kappa shape index (κ2) is 7.67. The minimum Gasteiger partial charge on any atom is -0.465 e. The number of carbonyl (C=O) groups is 2. The van der Waals surface area contributed by atoms with Crippen LogP contribution in [0.2, 0.25) is 0 Å². The van der Waals surface area contributed by atoms with Crippen molar-refractivity contribution in [3.05, 3.63) is 0 Å². The van der Waals surface area contributed by atoms with Crippen LogP contribution in [0.1, 0.15) is 78.6 Å². The minimum absolute atomic E-state index is 0.0427. The highest BCUT2D eigenvalue weighted by molar-refractivity contribution is 5.73. The smallest absolute Gasteiger partial charge is 0.309 e. The quantitative estimate of drug-likeness (QED) is 0.523. The van der Waals surface area contributed by atoms with Crippen molar-refractivity contribution < 1.29 is 19.1 Å². The molecule has 25 heavy (non-hydrogen) atoms. The standard InChI is InChI=1S/C21H34O4/c1-14-15(2)17-12-16(14)13-18(17)20(23)24-11-7-8-19(22)25-21(3)9-5-4-6-10-21/h14-18H,4-13H2,1-3H3. The first-order valence-electron chi connectivity index (χ1n) is 10.3. The molecule has 3 fully saturated rings. The van der Waals surface area contributed by atoms with Gasteiger partial charge in [0.2, 0.25) is 0 Å². The summed E-state index contributed by atoms with van der Waals surface area (Å²) >= 11 is 0. The molecule has 0 heterocycles. The van der Waals surface area contributed by atoms with Crippen LogP contribution in [-0.2, 0) is 19.1 Å². The number of ether oxygens (including phenoxy) is 2. The van der Waals surface area contributed by atoms with E-state index in [0.29, 0.717) is 37.2 Å². The summed E-state index contributed by atoms with van der Waals surface area (Å²) in [6.45, 7) is 6.97. The van der Waals surface area contributed by atoms with Gasteiger partial charge in [-0.3, -0.25) is 9.59 Å². The van der Waals surface area contributed by atoms with E-state index in [2.05, 4.69) is 13.8 Å². The predicted molar refractivity (Wildman–Crippen MR) is 95.8 cm³/mol. The molecule has 5 unspecified atom stereocenters. The average Bonchev–Trinajstić information content (AvgIpc) is 3.12. The summed E-state index contributed by atoms with van der Waals surface area (Å²) in [6.07, 6.45) is 8.54. The van der Waals surface area contributed by atoms with E-state index in [1.54, 1.807) is 0 Å². The molecule has 2 bridgehead atoms. The van der Waals surface area contributed by atoms with Gasteiger partial charge in [-0.1, -0.05) is 20.3 Å². The lowest BCUT2D eigenvalue weighted by Crippen LogP contribution is -2.34. The number of hydrogen-bond donors (Lipinski definition) is 0. The van der Waals surface area contributed by atoms with Crippen LogP contribution < -0.4 is 0 Å². The first kappa shape index (κ1) is 18.7. The van der Waals surface area contributed by atoms with Crippen LogP contribution in [0, 0.1) is 29.6 Å². The molecule has 0 radical (unpaired) electrons. The number of carbonyl (C=O) groups excluding carboxylic acids is 2. The van der Waals surface area contributed by atoms with Gasteiger partial charge in [0.25, 0.3) is 0 Å². The van der Waals surface area contributed by atoms with Gasteiger partial charge in [0.05, 0.1) is 12.5 Å². The summed E-state index contributed by atoms with van der Waals surface area (Å²) in [4.78, 5) is 24.4. The fourth-order valence-corrected chi connectivity index (χ4v) is 5.44. The normalized spacial score (nSPS) is 36.2. The van der Waals surface area contributed by atoms with Gasteiger partial charge in [-0.25, -0.2) is 0 Å². The van der Waals surface area contributed by atoms with Gasteiger partial charge in [-0.05, 0) is 75.5 Å². The van der Waals surface area contributed by atoms with Crippen molar-refractivity contribution >= 4 is 11.9 Å². The van der Waals surface area contributed by atoms with E-state index >= 15 is 0 Å². The van der Waals surface area contributed by atoms with E-state index in [9.17, 15) is 9.59 Å². The Labute approximate surface area is 152 Å². The maximum atomic E-state index is 12.4.